The lowest BCUT2D eigenvalue weighted by Crippen LogP contribution is -2.14. The van der Waals surface area contributed by atoms with E-state index in [2.05, 4.69) is 50.2 Å². The molecule has 1 unspecified atom stereocenters. The lowest BCUT2D eigenvalue weighted by Gasteiger charge is -2.13. The SMILES string of the molecule is Cc1ccc(CC(O)Cc2ccc3c(c2)CCC3)cc1C. The first-order chi connectivity index (χ1) is 10.1. The van der Waals surface area contributed by atoms with Gasteiger partial charge in [0.25, 0.3) is 0 Å². The molecule has 0 saturated heterocycles. The standard InChI is InChI=1S/C20H24O/c1-14-6-7-16(10-15(14)2)12-20(21)13-17-8-9-18-4-3-5-19(18)11-17/h6-11,20-21H,3-5,12-13H2,1-2H3. The van der Waals surface area contributed by atoms with Crippen LogP contribution in [-0.2, 0) is 25.7 Å². The number of aryl methyl sites for hydroxylation is 4. The molecule has 1 aliphatic rings. The minimum Gasteiger partial charge on any atom is -0.392 e. The quantitative estimate of drug-likeness (QED) is 0.899. The molecule has 0 spiro atoms. The lowest BCUT2D eigenvalue weighted by atomic mass is 9.97. The molecule has 1 nitrogen and oxygen atoms in total. The first-order valence-electron chi connectivity index (χ1n) is 7.96. The third-order valence-electron chi connectivity index (χ3n) is 4.68. The fourth-order valence-corrected chi connectivity index (χ4v) is 3.30. The van der Waals surface area contributed by atoms with Gasteiger partial charge in [-0.3, -0.25) is 0 Å². The normalized spacial score (nSPS) is 15.0. The molecule has 0 fully saturated rings. The predicted octanol–water partition coefficient (Wildman–Crippen LogP) is 3.94. The van der Waals surface area contributed by atoms with Crippen molar-refractivity contribution in [3.63, 3.8) is 0 Å². The van der Waals surface area contributed by atoms with Gasteiger partial charge in [-0.15, -0.1) is 0 Å². The Morgan fingerprint density at radius 2 is 1.52 bits per heavy atom. The van der Waals surface area contributed by atoms with Crippen molar-refractivity contribution in [3.05, 3.63) is 69.8 Å². The maximum atomic E-state index is 10.4. The maximum absolute atomic E-state index is 10.4. The number of hydrogen-bond donors (Lipinski definition) is 1. The highest BCUT2D eigenvalue weighted by atomic mass is 16.3. The van der Waals surface area contributed by atoms with Gasteiger partial charge >= 0.3 is 0 Å². The molecule has 3 rings (SSSR count). The average molecular weight is 280 g/mol. The highest BCUT2D eigenvalue weighted by Crippen LogP contribution is 2.23. The molecule has 0 heterocycles. The van der Waals surface area contributed by atoms with Crippen LogP contribution in [0.1, 0.15) is 39.8 Å². The molecule has 2 aromatic rings. The van der Waals surface area contributed by atoms with Gasteiger partial charge < -0.3 is 5.11 Å². The molecule has 1 heteroatoms. The molecule has 110 valence electrons. The van der Waals surface area contributed by atoms with E-state index in [0.717, 1.165) is 12.8 Å². The van der Waals surface area contributed by atoms with Crippen LogP contribution in [-0.4, -0.2) is 11.2 Å². The van der Waals surface area contributed by atoms with Crippen molar-refractivity contribution in [3.8, 4) is 0 Å². The Bertz CT molecular complexity index is 642. The summed E-state index contributed by atoms with van der Waals surface area (Å²) in [5.74, 6) is 0. The van der Waals surface area contributed by atoms with E-state index in [1.165, 1.54) is 52.6 Å². The van der Waals surface area contributed by atoms with Crippen LogP contribution in [0.25, 0.3) is 0 Å². The summed E-state index contributed by atoms with van der Waals surface area (Å²) in [4.78, 5) is 0. The summed E-state index contributed by atoms with van der Waals surface area (Å²) in [6.45, 7) is 4.26. The molecule has 1 aliphatic carbocycles. The third kappa shape index (κ3) is 3.36. The second-order valence-electron chi connectivity index (χ2n) is 6.44. The molecular formula is C20H24O. The van der Waals surface area contributed by atoms with Crippen LogP contribution < -0.4 is 0 Å². The van der Waals surface area contributed by atoms with Crippen molar-refractivity contribution in [2.75, 3.05) is 0 Å². The summed E-state index contributed by atoms with van der Waals surface area (Å²) in [7, 11) is 0. The maximum Gasteiger partial charge on any atom is 0.0620 e. The van der Waals surface area contributed by atoms with E-state index < -0.39 is 0 Å². The summed E-state index contributed by atoms with van der Waals surface area (Å²) in [6, 6.07) is 13.2. The summed E-state index contributed by atoms with van der Waals surface area (Å²) in [5.41, 5.74) is 8.11. The Hall–Kier alpha value is -1.60. The number of rotatable bonds is 4. The number of aliphatic hydroxyl groups excluding tert-OH is 1. The second-order valence-corrected chi connectivity index (χ2v) is 6.44. The van der Waals surface area contributed by atoms with Crippen molar-refractivity contribution in [1.82, 2.24) is 0 Å². The van der Waals surface area contributed by atoms with Gasteiger partial charge in [0.2, 0.25) is 0 Å². The zero-order valence-corrected chi connectivity index (χ0v) is 13.0. The van der Waals surface area contributed by atoms with Gasteiger partial charge in [-0.1, -0.05) is 36.4 Å². The largest absolute Gasteiger partial charge is 0.392 e. The van der Waals surface area contributed by atoms with Crippen molar-refractivity contribution < 1.29 is 5.11 Å². The van der Waals surface area contributed by atoms with Gasteiger partial charge in [0, 0.05) is 0 Å². The fraction of sp³-hybridized carbons (Fsp3) is 0.400. The van der Waals surface area contributed by atoms with E-state index in [0.29, 0.717) is 0 Å². The van der Waals surface area contributed by atoms with E-state index >= 15 is 0 Å². The minimum atomic E-state index is -0.299. The molecule has 2 aromatic carbocycles. The molecule has 1 N–H and O–H groups in total. The van der Waals surface area contributed by atoms with E-state index in [4.69, 9.17) is 0 Å². The number of aliphatic hydroxyl groups is 1. The highest BCUT2D eigenvalue weighted by molar-refractivity contribution is 5.36. The predicted molar refractivity (Wildman–Crippen MR) is 87.8 cm³/mol. The highest BCUT2D eigenvalue weighted by Gasteiger charge is 2.13. The fourth-order valence-electron chi connectivity index (χ4n) is 3.30. The zero-order chi connectivity index (χ0) is 14.8. The van der Waals surface area contributed by atoms with Crippen molar-refractivity contribution >= 4 is 0 Å². The summed E-state index contributed by atoms with van der Waals surface area (Å²) < 4.78 is 0. The van der Waals surface area contributed by atoms with Gasteiger partial charge in [-0.25, -0.2) is 0 Å². The molecule has 0 aromatic heterocycles. The number of benzene rings is 2. The molecule has 0 amide bonds. The topological polar surface area (TPSA) is 20.2 Å². The third-order valence-corrected chi connectivity index (χ3v) is 4.68. The molecular weight excluding hydrogens is 256 g/mol. The summed E-state index contributed by atoms with van der Waals surface area (Å²) in [5, 5.41) is 10.4. The van der Waals surface area contributed by atoms with E-state index in [1.54, 1.807) is 0 Å². The van der Waals surface area contributed by atoms with Crippen LogP contribution >= 0.6 is 0 Å². The Morgan fingerprint density at radius 1 is 0.857 bits per heavy atom. The van der Waals surface area contributed by atoms with Gasteiger partial charge in [0.1, 0.15) is 0 Å². The van der Waals surface area contributed by atoms with Crippen LogP contribution in [0.15, 0.2) is 36.4 Å². The Labute approximate surface area is 127 Å². The first-order valence-corrected chi connectivity index (χ1v) is 7.96. The molecule has 0 radical (unpaired) electrons. The molecule has 1 atom stereocenters. The molecule has 21 heavy (non-hydrogen) atoms. The van der Waals surface area contributed by atoms with Gasteiger partial charge in [0.05, 0.1) is 6.10 Å². The van der Waals surface area contributed by atoms with Crippen molar-refractivity contribution in [1.29, 1.82) is 0 Å². The molecule has 0 bridgehead atoms. The number of hydrogen-bond acceptors (Lipinski definition) is 1. The lowest BCUT2D eigenvalue weighted by molar-refractivity contribution is 0.175. The average Bonchev–Trinajstić information content (AvgIpc) is 2.90. The molecule has 0 saturated carbocycles. The van der Waals surface area contributed by atoms with Crippen LogP contribution in [0, 0.1) is 13.8 Å². The Morgan fingerprint density at radius 3 is 2.29 bits per heavy atom. The van der Waals surface area contributed by atoms with Crippen molar-refractivity contribution in [2.45, 2.75) is 52.1 Å². The minimum absolute atomic E-state index is 0.299. The van der Waals surface area contributed by atoms with E-state index in [1.807, 2.05) is 0 Å². The molecule has 0 aliphatic heterocycles. The zero-order valence-electron chi connectivity index (χ0n) is 13.0. The van der Waals surface area contributed by atoms with Crippen LogP contribution in [0.3, 0.4) is 0 Å². The van der Waals surface area contributed by atoms with Crippen LogP contribution in [0.4, 0.5) is 0 Å². The first kappa shape index (κ1) is 14.3. The number of fused-ring (bicyclic) bond motifs is 1. The summed E-state index contributed by atoms with van der Waals surface area (Å²) >= 11 is 0. The van der Waals surface area contributed by atoms with E-state index in [9.17, 15) is 5.11 Å². The summed E-state index contributed by atoms with van der Waals surface area (Å²) in [6.07, 6.45) is 4.89. The smallest absolute Gasteiger partial charge is 0.0620 e. The van der Waals surface area contributed by atoms with Gasteiger partial charge in [-0.2, -0.15) is 0 Å². The van der Waals surface area contributed by atoms with Crippen molar-refractivity contribution in [2.24, 2.45) is 0 Å². The van der Waals surface area contributed by atoms with E-state index in [-0.39, 0.29) is 6.10 Å². The van der Waals surface area contributed by atoms with Gasteiger partial charge in [0.15, 0.2) is 0 Å². The second kappa shape index (κ2) is 6.03. The monoisotopic (exact) mass is 280 g/mol. The Balaban J connectivity index is 1.66. The van der Waals surface area contributed by atoms with Crippen LogP contribution in [0.5, 0.6) is 0 Å². The Kier molecular flexibility index (Phi) is 4.12. The van der Waals surface area contributed by atoms with Crippen LogP contribution in [0.2, 0.25) is 0 Å². The van der Waals surface area contributed by atoms with Gasteiger partial charge in [-0.05, 0) is 79.3 Å².